The zero-order valence-corrected chi connectivity index (χ0v) is 35.7. The van der Waals surface area contributed by atoms with Gasteiger partial charge in [-0.05, 0) is 72.3 Å². The summed E-state index contributed by atoms with van der Waals surface area (Å²) in [4.78, 5) is 20.4. The summed E-state index contributed by atoms with van der Waals surface area (Å²) in [5, 5.41) is 11.9. The van der Waals surface area contributed by atoms with Crippen LogP contribution < -0.4 is 0 Å². The average Bonchev–Trinajstić information content (AvgIpc) is 3.55. The van der Waals surface area contributed by atoms with Gasteiger partial charge in [-0.15, -0.1) is 77.1 Å². The Morgan fingerprint density at radius 1 is 0.821 bits per heavy atom. The van der Waals surface area contributed by atoms with Gasteiger partial charge in [0.1, 0.15) is 0 Å². The van der Waals surface area contributed by atoms with Crippen LogP contribution in [0.3, 0.4) is 0 Å². The van der Waals surface area contributed by atoms with Crippen molar-refractivity contribution in [3.63, 3.8) is 0 Å². The fourth-order valence-electron chi connectivity index (χ4n) is 6.07. The molecule has 0 aliphatic carbocycles. The molecular formula is C46H48F4IrN2O2S-2. The van der Waals surface area contributed by atoms with E-state index in [1.54, 1.807) is 35.9 Å². The SMILES string of the molecule is CC(C)(Cc1ccc2c(c1)sc1c(-c3[c-]cccc3)nccc12)C(F)(F)F.CCC(CC)C(=O)/C=C(\O)C(CC)CC.Fc1c[c-]c(-c2ccccn2)cc1.[Ir]. The molecule has 0 aliphatic heterocycles. The van der Waals surface area contributed by atoms with Gasteiger partial charge in [0, 0.05) is 71.3 Å². The number of alkyl halides is 3. The molecule has 0 saturated heterocycles. The number of fused-ring (bicyclic) bond motifs is 3. The average molecular weight is 961 g/mol. The first-order valence-electron chi connectivity index (χ1n) is 18.6. The van der Waals surface area contributed by atoms with Crippen molar-refractivity contribution in [1.82, 2.24) is 9.97 Å². The van der Waals surface area contributed by atoms with Gasteiger partial charge >= 0.3 is 6.18 Å². The zero-order valence-electron chi connectivity index (χ0n) is 32.5. The van der Waals surface area contributed by atoms with E-state index in [1.807, 2.05) is 88.4 Å². The Bertz CT molecular complexity index is 2140. The molecule has 0 spiro atoms. The van der Waals surface area contributed by atoms with Crippen LogP contribution in [0.5, 0.6) is 0 Å². The van der Waals surface area contributed by atoms with Gasteiger partial charge in [-0.2, -0.15) is 13.2 Å². The predicted molar refractivity (Wildman–Crippen MR) is 217 cm³/mol. The van der Waals surface area contributed by atoms with Gasteiger partial charge in [0.2, 0.25) is 0 Å². The normalized spacial score (nSPS) is 11.8. The zero-order chi connectivity index (χ0) is 40.2. The summed E-state index contributed by atoms with van der Waals surface area (Å²) < 4.78 is 54.3. The maximum absolute atomic E-state index is 13.2. The minimum Gasteiger partial charge on any atom is -0.512 e. The molecule has 1 N–H and O–H groups in total. The molecule has 3 aromatic heterocycles. The molecule has 0 saturated carbocycles. The van der Waals surface area contributed by atoms with Crippen LogP contribution in [0.2, 0.25) is 0 Å². The monoisotopic (exact) mass is 961 g/mol. The minimum absolute atomic E-state index is 0. The molecule has 0 amide bonds. The number of hydrogen-bond donors (Lipinski definition) is 1. The Morgan fingerprint density at radius 3 is 2.09 bits per heavy atom. The van der Waals surface area contributed by atoms with E-state index >= 15 is 0 Å². The number of halogens is 4. The molecule has 0 unspecified atom stereocenters. The molecule has 0 bridgehead atoms. The Balaban J connectivity index is 0.000000247. The number of hydrogen-bond acceptors (Lipinski definition) is 5. The summed E-state index contributed by atoms with van der Waals surface area (Å²) in [6.45, 7) is 10.6. The predicted octanol–water partition coefficient (Wildman–Crippen LogP) is 13.6. The molecule has 0 atom stereocenters. The number of aromatic nitrogens is 2. The van der Waals surface area contributed by atoms with Gasteiger partial charge < -0.3 is 15.1 Å². The summed E-state index contributed by atoms with van der Waals surface area (Å²) in [6, 6.07) is 31.2. The third-order valence-corrected chi connectivity index (χ3v) is 10.8. The summed E-state index contributed by atoms with van der Waals surface area (Å²) in [5.41, 5.74) is 2.31. The first kappa shape index (κ1) is 46.1. The number of benzene rings is 3. The fraction of sp³-hybridized carbons (Fsp3) is 0.326. The van der Waals surface area contributed by atoms with Crippen molar-refractivity contribution < 1.29 is 47.6 Å². The molecule has 0 fully saturated rings. The standard InChI is InChI=1S/C22H17F3NS.C13H24O2.C11H7FN.Ir/c1-21(2,22(23,24)25)13-14-8-9-16-17-10-11-26-19(15-6-4-3-5-7-15)20(17)27-18(16)12-14;1-5-10(6-2)12(14)9-13(15)11(7-3)8-4;12-10-6-4-9(5-7-10)11-3-1-2-8-13-11;/h3-6,8-12H,13H2,1-2H3;9-11,14H,5-8H2,1-4H3;1-4,6-8H;/q-1;;-1;/b;12-9-;;. The van der Waals surface area contributed by atoms with Crippen molar-refractivity contribution in [1.29, 1.82) is 0 Å². The number of aliphatic hydroxyl groups excluding tert-OH is 1. The topological polar surface area (TPSA) is 63.1 Å². The quantitative estimate of drug-likeness (QED) is 0.0608. The molecule has 6 aromatic rings. The van der Waals surface area contributed by atoms with E-state index in [1.165, 1.54) is 32.1 Å². The molecule has 3 aromatic carbocycles. The van der Waals surface area contributed by atoms with E-state index in [4.69, 9.17) is 0 Å². The number of pyridine rings is 2. The Kier molecular flexibility index (Phi) is 17.6. The number of carbonyl (C=O) groups is 1. The number of ketones is 1. The largest absolute Gasteiger partial charge is 0.512 e. The molecule has 3 heterocycles. The van der Waals surface area contributed by atoms with Crippen LogP contribution in [-0.4, -0.2) is 27.0 Å². The second-order valence-corrected chi connectivity index (χ2v) is 15.0. The van der Waals surface area contributed by atoms with Crippen LogP contribution in [0.25, 0.3) is 42.7 Å². The maximum Gasteiger partial charge on any atom is 0.394 e. The van der Waals surface area contributed by atoms with E-state index in [9.17, 15) is 27.5 Å². The van der Waals surface area contributed by atoms with Gasteiger partial charge in [-0.3, -0.25) is 9.18 Å². The number of carbonyl (C=O) groups excluding carboxylic acids is 1. The van der Waals surface area contributed by atoms with Gasteiger partial charge in [-0.25, -0.2) is 0 Å². The molecule has 6 rings (SSSR count). The number of nitrogens with zero attached hydrogens (tertiary/aromatic N) is 2. The number of rotatable bonds is 11. The van der Waals surface area contributed by atoms with Crippen LogP contribution in [0, 0.1) is 35.2 Å². The van der Waals surface area contributed by atoms with Gasteiger partial charge in [0.15, 0.2) is 5.78 Å². The second kappa shape index (κ2) is 21.3. The molecular weight excluding hydrogens is 913 g/mol. The molecule has 56 heavy (non-hydrogen) atoms. The molecule has 10 heteroatoms. The van der Waals surface area contributed by atoms with Crippen molar-refractivity contribution in [2.24, 2.45) is 17.3 Å². The van der Waals surface area contributed by atoms with E-state index in [2.05, 4.69) is 22.1 Å². The maximum atomic E-state index is 13.2. The van der Waals surface area contributed by atoms with Crippen molar-refractivity contribution in [2.45, 2.75) is 79.8 Å². The summed E-state index contributed by atoms with van der Waals surface area (Å²) in [6.07, 6.45) is 4.10. The summed E-state index contributed by atoms with van der Waals surface area (Å²) >= 11 is 1.57. The third kappa shape index (κ3) is 12.1. The van der Waals surface area contributed by atoms with E-state index in [-0.39, 0.29) is 55.7 Å². The van der Waals surface area contributed by atoms with E-state index in [0.717, 1.165) is 68.4 Å². The smallest absolute Gasteiger partial charge is 0.394 e. The Morgan fingerprint density at radius 2 is 1.52 bits per heavy atom. The van der Waals surface area contributed by atoms with Crippen LogP contribution in [0.4, 0.5) is 17.6 Å². The minimum atomic E-state index is -4.23. The van der Waals surface area contributed by atoms with E-state index in [0.29, 0.717) is 5.56 Å². The molecule has 299 valence electrons. The number of allylic oxidation sites excluding steroid dienone is 2. The third-order valence-electron chi connectivity index (χ3n) is 9.63. The van der Waals surface area contributed by atoms with E-state index < -0.39 is 11.6 Å². The summed E-state index contributed by atoms with van der Waals surface area (Å²) in [7, 11) is 0. The first-order valence-corrected chi connectivity index (χ1v) is 19.4. The summed E-state index contributed by atoms with van der Waals surface area (Å²) in [5.74, 6) is 0.269. The first-order chi connectivity index (χ1) is 26.2. The van der Waals surface area contributed by atoms with Gasteiger partial charge in [0.05, 0.1) is 11.2 Å². The van der Waals surface area contributed by atoms with Crippen molar-refractivity contribution in [3.05, 3.63) is 133 Å². The Hall–Kier alpha value is -4.24. The van der Waals surface area contributed by atoms with Crippen LogP contribution in [0.1, 0.15) is 72.8 Å². The second-order valence-electron chi connectivity index (χ2n) is 13.9. The van der Waals surface area contributed by atoms with Crippen LogP contribution in [0.15, 0.2) is 109 Å². The van der Waals surface area contributed by atoms with Crippen molar-refractivity contribution in [2.75, 3.05) is 0 Å². The fourth-order valence-corrected chi connectivity index (χ4v) is 7.33. The van der Waals surface area contributed by atoms with Crippen LogP contribution >= 0.6 is 11.3 Å². The molecule has 1 radical (unpaired) electrons. The van der Waals surface area contributed by atoms with Gasteiger partial charge in [-0.1, -0.05) is 65.8 Å². The van der Waals surface area contributed by atoms with Crippen molar-refractivity contribution >= 4 is 37.3 Å². The molecule has 0 aliphatic rings. The number of thiophene rings is 1. The van der Waals surface area contributed by atoms with Gasteiger partial charge in [0.25, 0.3) is 0 Å². The molecule has 4 nitrogen and oxygen atoms in total. The number of aliphatic hydroxyl groups is 1. The Labute approximate surface area is 345 Å². The van der Waals surface area contributed by atoms with Crippen LogP contribution in [-0.2, 0) is 31.3 Å². The van der Waals surface area contributed by atoms with Crippen molar-refractivity contribution in [3.8, 4) is 22.5 Å².